The van der Waals surface area contributed by atoms with Crippen LogP contribution in [0.2, 0.25) is 5.02 Å². The van der Waals surface area contributed by atoms with Gasteiger partial charge in [0.05, 0.1) is 11.0 Å². The van der Waals surface area contributed by atoms with Crippen LogP contribution < -0.4 is 15.4 Å². The maximum absolute atomic E-state index is 12.6. The van der Waals surface area contributed by atoms with E-state index in [0.29, 0.717) is 34.7 Å². The van der Waals surface area contributed by atoms with Crippen LogP contribution in [0.25, 0.3) is 11.0 Å². The highest BCUT2D eigenvalue weighted by molar-refractivity contribution is 6.30. The predicted octanol–water partition coefficient (Wildman–Crippen LogP) is 6.13. The number of nitrogens with one attached hydrogen (secondary N) is 2. The number of aromatic nitrogens is 3. The van der Waals surface area contributed by atoms with Gasteiger partial charge in [0.25, 0.3) is 5.91 Å². The van der Waals surface area contributed by atoms with Crippen molar-refractivity contribution in [1.82, 2.24) is 19.9 Å². The number of aryl methyl sites for hydroxylation is 1. The number of carbonyl (C=O) groups excluding carboxylic acids is 1. The second-order valence-corrected chi connectivity index (χ2v) is 8.68. The van der Waals surface area contributed by atoms with E-state index < -0.39 is 0 Å². The summed E-state index contributed by atoms with van der Waals surface area (Å²) in [4.78, 5) is 21.5. The summed E-state index contributed by atoms with van der Waals surface area (Å²) < 4.78 is 8.00. The third-order valence-electron chi connectivity index (χ3n) is 5.69. The van der Waals surface area contributed by atoms with Gasteiger partial charge in [-0.05, 0) is 54.4 Å². The molecule has 7 nitrogen and oxygen atoms in total. The Morgan fingerprint density at radius 1 is 0.972 bits per heavy atom. The molecule has 8 heteroatoms. The van der Waals surface area contributed by atoms with E-state index in [2.05, 4.69) is 15.6 Å². The standard InChI is InChI=1S/C28H24ClN5O2/c1-34-26-12-11-22(17-24(26)33-28(34)32-21-9-7-20(29)8-10-21)36-23-14-16-30-25(18-23)27(35)31-15-13-19-5-3-2-4-6-19/h2-12,14,16-18H,13,15H2,1H3,(H,31,35)(H,32,33). The van der Waals surface area contributed by atoms with Crippen LogP contribution >= 0.6 is 11.6 Å². The predicted molar refractivity (Wildman–Crippen MR) is 142 cm³/mol. The Labute approximate surface area is 213 Å². The number of imidazole rings is 1. The summed E-state index contributed by atoms with van der Waals surface area (Å²) in [5.74, 6) is 1.59. The van der Waals surface area contributed by atoms with E-state index in [0.717, 1.165) is 23.1 Å². The molecule has 0 atom stereocenters. The molecular formula is C28H24ClN5O2. The van der Waals surface area contributed by atoms with Crippen molar-refractivity contribution < 1.29 is 9.53 Å². The molecule has 0 radical (unpaired) electrons. The molecule has 2 N–H and O–H groups in total. The van der Waals surface area contributed by atoms with Gasteiger partial charge in [-0.15, -0.1) is 0 Å². The quantitative estimate of drug-likeness (QED) is 0.269. The molecule has 3 aromatic carbocycles. The highest BCUT2D eigenvalue weighted by atomic mass is 35.5. The zero-order chi connectivity index (χ0) is 24.9. The molecule has 36 heavy (non-hydrogen) atoms. The summed E-state index contributed by atoms with van der Waals surface area (Å²) >= 11 is 5.98. The highest BCUT2D eigenvalue weighted by Gasteiger charge is 2.12. The van der Waals surface area contributed by atoms with Gasteiger partial charge in [-0.2, -0.15) is 0 Å². The first kappa shape index (κ1) is 23.4. The topological polar surface area (TPSA) is 81.1 Å². The third kappa shape index (κ3) is 5.47. The second kappa shape index (κ2) is 10.5. The molecule has 0 unspecified atom stereocenters. The Morgan fingerprint density at radius 2 is 1.75 bits per heavy atom. The molecule has 5 rings (SSSR count). The van der Waals surface area contributed by atoms with Crippen molar-refractivity contribution in [3.63, 3.8) is 0 Å². The molecule has 0 aliphatic rings. The lowest BCUT2D eigenvalue weighted by Gasteiger charge is -2.08. The number of pyridine rings is 1. The molecule has 0 spiro atoms. The number of hydrogen-bond acceptors (Lipinski definition) is 5. The lowest BCUT2D eigenvalue weighted by atomic mass is 10.1. The van der Waals surface area contributed by atoms with Crippen LogP contribution in [0.5, 0.6) is 11.5 Å². The molecule has 180 valence electrons. The number of fused-ring (bicyclic) bond motifs is 1. The van der Waals surface area contributed by atoms with Crippen molar-refractivity contribution in [3.05, 3.63) is 107 Å². The molecule has 0 fully saturated rings. The van der Waals surface area contributed by atoms with Crippen LogP contribution in [0.4, 0.5) is 11.6 Å². The summed E-state index contributed by atoms with van der Waals surface area (Å²) in [5, 5.41) is 6.89. The van der Waals surface area contributed by atoms with Gasteiger partial charge < -0.3 is 19.9 Å². The average molecular weight is 498 g/mol. The third-order valence-corrected chi connectivity index (χ3v) is 5.95. The first-order valence-electron chi connectivity index (χ1n) is 11.5. The smallest absolute Gasteiger partial charge is 0.270 e. The fraction of sp³-hybridized carbons (Fsp3) is 0.107. The Morgan fingerprint density at radius 3 is 2.56 bits per heavy atom. The number of amides is 1. The van der Waals surface area contributed by atoms with Crippen molar-refractivity contribution in [2.24, 2.45) is 7.05 Å². The molecule has 1 amide bonds. The number of halogens is 1. The van der Waals surface area contributed by atoms with E-state index in [9.17, 15) is 4.79 Å². The number of nitrogens with zero attached hydrogens (tertiary/aromatic N) is 3. The van der Waals surface area contributed by atoms with Crippen molar-refractivity contribution in [2.75, 3.05) is 11.9 Å². The summed E-state index contributed by atoms with van der Waals surface area (Å²) in [5.41, 5.74) is 4.08. The van der Waals surface area contributed by atoms with Crippen LogP contribution in [0.3, 0.4) is 0 Å². The van der Waals surface area contributed by atoms with E-state index in [1.807, 2.05) is 84.4 Å². The van der Waals surface area contributed by atoms with E-state index in [-0.39, 0.29) is 5.91 Å². The van der Waals surface area contributed by atoms with Crippen LogP contribution in [0.15, 0.2) is 91.1 Å². The van der Waals surface area contributed by atoms with E-state index in [1.54, 1.807) is 18.3 Å². The maximum atomic E-state index is 12.6. The average Bonchev–Trinajstić information content (AvgIpc) is 3.20. The van der Waals surface area contributed by atoms with Gasteiger partial charge in [0.1, 0.15) is 17.2 Å². The molecule has 0 saturated carbocycles. The normalized spacial score (nSPS) is 10.8. The molecule has 0 aliphatic carbocycles. The highest BCUT2D eigenvalue weighted by Crippen LogP contribution is 2.28. The maximum Gasteiger partial charge on any atom is 0.270 e. The van der Waals surface area contributed by atoms with Gasteiger partial charge in [0, 0.05) is 42.6 Å². The fourth-order valence-corrected chi connectivity index (χ4v) is 3.93. The van der Waals surface area contributed by atoms with Crippen molar-refractivity contribution in [2.45, 2.75) is 6.42 Å². The lowest BCUT2D eigenvalue weighted by Crippen LogP contribution is -2.26. The summed E-state index contributed by atoms with van der Waals surface area (Å²) in [6.07, 6.45) is 2.32. The van der Waals surface area contributed by atoms with Gasteiger partial charge in [-0.1, -0.05) is 41.9 Å². The minimum absolute atomic E-state index is 0.241. The molecule has 0 aliphatic heterocycles. The first-order chi connectivity index (χ1) is 17.5. The molecule has 5 aromatic rings. The van der Waals surface area contributed by atoms with Crippen molar-refractivity contribution in [3.8, 4) is 11.5 Å². The van der Waals surface area contributed by atoms with E-state index >= 15 is 0 Å². The molecule has 0 bridgehead atoms. The number of hydrogen-bond donors (Lipinski definition) is 2. The Bertz CT molecular complexity index is 1500. The second-order valence-electron chi connectivity index (χ2n) is 8.25. The zero-order valence-corrected chi connectivity index (χ0v) is 20.4. The zero-order valence-electron chi connectivity index (χ0n) is 19.6. The number of carbonyl (C=O) groups is 1. The minimum atomic E-state index is -0.241. The first-order valence-corrected chi connectivity index (χ1v) is 11.9. The van der Waals surface area contributed by atoms with Crippen LogP contribution in [0, 0.1) is 0 Å². The van der Waals surface area contributed by atoms with Gasteiger partial charge in [-0.3, -0.25) is 9.78 Å². The molecule has 0 saturated heterocycles. The minimum Gasteiger partial charge on any atom is -0.457 e. The van der Waals surface area contributed by atoms with Crippen molar-refractivity contribution in [1.29, 1.82) is 0 Å². The van der Waals surface area contributed by atoms with Gasteiger partial charge in [0.15, 0.2) is 0 Å². The Kier molecular flexibility index (Phi) is 6.82. The number of ether oxygens (including phenoxy) is 1. The fourth-order valence-electron chi connectivity index (χ4n) is 3.81. The van der Waals surface area contributed by atoms with Gasteiger partial charge in [-0.25, -0.2) is 4.98 Å². The van der Waals surface area contributed by atoms with Crippen molar-refractivity contribution >= 4 is 40.2 Å². The van der Waals surface area contributed by atoms with Crippen LogP contribution in [-0.4, -0.2) is 27.0 Å². The van der Waals surface area contributed by atoms with Crippen LogP contribution in [-0.2, 0) is 13.5 Å². The Balaban J connectivity index is 1.26. The van der Waals surface area contributed by atoms with Gasteiger partial charge >= 0.3 is 0 Å². The van der Waals surface area contributed by atoms with Gasteiger partial charge in [0.2, 0.25) is 5.95 Å². The monoisotopic (exact) mass is 497 g/mol. The largest absolute Gasteiger partial charge is 0.457 e. The number of rotatable bonds is 8. The lowest BCUT2D eigenvalue weighted by molar-refractivity contribution is 0.0949. The van der Waals surface area contributed by atoms with E-state index in [1.165, 1.54) is 5.56 Å². The summed E-state index contributed by atoms with van der Waals surface area (Å²) in [6, 6.07) is 26.5. The Hall–Kier alpha value is -4.36. The molecular weight excluding hydrogens is 474 g/mol. The summed E-state index contributed by atoms with van der Waals surface area (Å²) in [7, 11) is 1.94. The molecule has 2 heterocycles. The number of benzene rings is 3. The van der Waals surface area contributed by atoms with Crippen LogP contribution in [0.1, 0.15) is 16.1 Å². The summed E-state index contributed by atoms with van der Waals surface area (Å²) in [6.45, 7) is 0.526. The number of anilines is 2. The molecule has 2 aromatic heterocycles. The SMILES string of the molecule is Cn1c(Nc2ccc(Cl)cc2)nc2cc(Oc3ccnc(C(=O)NCCc4ccccc4)c3)ccc21. The van der Waals surface area contributed by atoms with E-state index in [4.69, 9.17) is 21.3 Å².